The second-order valence-corrected chi connectivity index (χ2v) is 13.2. The van der Waals surface area contributed by atoms with Crippen LogP contribution in [0.2, 0.25) is 0 Å². The minimum absolute atomic E-state index is 0.0449. The van der Waals surface area contributed by atoms with Gasteiger partial charge in [-0.15, -0.1) is 0 Å². The van der Waals surface area contributed by atoms with Gasteiger partial charge in [0.25, 0.3) is 18.3 Å². The summed E-state index contributed by atoms with van der Waals surface area (Å²) in [5.74, 6) is -1.01. The molecule has 12 nitrogen and oxygen atoms in total. The number of hydrogen-bond acceptors (Lipinski definition) is 9. The first kappa shape index (κ1) is 38.7. The highest BCUT2D eigenvalue weighted by Gasteiger charge is 2.39. The molecule has 53 heavy (non-hydrogen) atoms. The predicted octanol–water partition coefficient (Wildman–Crippen LogP) is 4.47. The number of fused-ring (bicyclic) bond motifs is 1. The number of aliphatic hydroxyl groups excluding tert-OH is 1. The van der Waals surface area contributed by atoms with Gasteiger partial charge in [0.2, 0.25) is 0 Å². The Kier molecular flexibility index (Phi) is 13.0. The molecule has 2 heterocycles. The number of anilines is 1. The molecule has 0 saturated carbocycles. The Morgan fingerprint density at radius 1 is 1.04 bits per heavy atom. The highest BCUT2D eigenvalue weighted by Crippen LogP contribution is 2.45. The van der Waals surface area contributed by atoms with E-state index in [1.807, 2.05) is 24.3 Å². The number of rotatable bonds is 12. The van der Waals surface area contributed by atoms with Crippen molar-refractivity contribution in [2.45, 2.75) is 43.7 Å². The molecule has 2 aliphatic rings. The maximum absolute atomic E-state index is 15.0. The molecule has 6 rings (SSSR count). The third-order valence-corrected chi connectivity index (χ3v) is 9.78. The van der Waals surface area contributed by atoms with Gasteiger partial charge in [0.05, 0.1) is 6.10 Å². The van der Waals surface area contributed by atoms with E-state index in [2.05, 4.69) is 46.1 Å². The van der Waals surface area contributed by atoms with Crippen molar-refractivity contribution in [1.82, 2.24) is 15.5 Å². The number of aromatic hydroxyl groups is 2. The number of halogens is 1. The highest BCUT2D eigenvalue weighted by molar-refractivity contribution is 5.97. The zero-order chi connectivity index (χ0) is 38.0. The quantitative estimate of drug-likeness (QED) is 0.0625. The van der Waals surface area contributed by atoms with E-state index >= 15 is 0 Å². The number of aliphatic hydroxyl groups is 1. The maximum Gasteiger partial charge on any atom is 0.290 e. The number of nitrogens with zero attached hydrogens (tertiary/aromatic N) is 1. The molecule has 0 spiro atoms. The lowest BCUT2D eigenvalue weighted by molar-refractivity contribution is -0.123. The average Bonchev–Trinajstić information content (AvgIpc) is 3.16. The van der Waals surface area contributed by atoms with Gasteiger partial charge < -0.3 is 46.0 Å². The number of likely N-dealkylation sites (tertiary alicyclic amines) is 1. The number of amides is 2. The SMILES string of the molecule is CN1CCC(c2ccccc2)(c2cc(CCCNC(=O)c3ccc(CNC[C@H](O)c4ccc(O)c5c4OCC(=O)N5)c(F)c3)ccc2O)CC1.O=CO. The first-order chi connectivity index (χ1) is 25.6. The summed E-state index contributed by atoms with van der Waals surface area (Å²) < 4.78 is 20.4. The van der Waals surface area contributed by atoms with E-state index < -0.39 is 17.8 Å². The lowest BCUT2D eigenvalue weighted by atomic mass is 9.67. The number of piperidine rings is 1. The second-order valence-electron chi connectivity index (χ2n) is 13.2. The summed E-state index contributed by atoms with van der Waals surface area (Å²) in [6.07, 6.45) is 2.14. The van der Waals surface area contributed by atoms with Crippen LogP contribution in [0.4, 0.5) is 10.1 Å². The molecule has 0 aromatic heterocycles. The topological polar surface area (TPSA) is 181 Å². The molecule has 2 amide bonds. The number of ether oxygens (including phenoxy) is 1. The Morgan fingerprint density at radius 3 is 2.47 bits per heavy atom. The van der Waals surface area contributed by atoms with Crippen molar-refractivity contribution in [2.24, 2.45) is 0 Å². The number of hydrogen-bond donors (Lipinski definition) is 7. The predicted molar refractivity (Wildman–Crippen MR) is 197 cm³/mol. The van der Waals surface area contributed by atoms with E-state index in [-0.39, 0.29) is 60.2 Å². The summed E-state index contributed by atoms with van der Waals surface area (Å²) in [5.41, 5.74) is 3.98. The van der Waals surface area contributed by atoms with Gasteiger partial charge in [0.1, 0.15) is 23.0 Å². The third kappa shape index (κ3) is 9.30. The van der Waals surface area contributed by atoms with Crippen LogP contribution >= 0.6 is 0 Å². The average molecular weight is 729 g/mol. The molecular formula is C40H45FN4O8. The third-order valence-electron chi connectivity index (χ3n) is 9.78. The largest absolute Gasteiger partial charge is 0.508 e. The number of benzene rings is 4. The summed E-state index contributed by atoms with van der Waals surface area (Å²) in [6, 6.07) is 23.4. The van der Waals surface area contributed by atoms with Crippen LogP contribution in [0, 0.1) is 5.82 Å². The Balaban J connectivity index is 0.00000175. The van der Waals surface area contributed by atoms with E-state index in [0.717, 1.165) is 37.1 Å². The summed E-state index contributed by atoms with van der Waals surface area (Å²) in [6.45, 7) is 1.94. The van der Waals surface area contributed by atoms with E-state index in [9.17, 15) is 29.3 Å². The van der Waals surface area contributed by atoms with Gasteiger partial charge in [0, 0.05) is 47.3 Å². The number of carbonyl (C=O) groups is 3. The molecule has 2 aliphatic heterocycles. The molecule has 4 aromatic carbocycles. The summed E-state index contributed by atoms with van der Waals surface area (Å²) in [5, 5.41) is 47.1. The Hall–Kier alpha value is -5.50. The minimum atomic E-state index is -1.06. The normalized spacial score (nSPS) is 15.5. The molecule has 0 unspecified atom stereocenters. The van der Waals surface area contributed by atoms with Crippen LogP contribution in [-0.2, 0) is 28.0 Å². The number of phenols is 2. The van der Waals surface area contributed by atoms with E-state index in [4.69, 9.17) is 14.6 Å². The molecule has 1 saturated heterocycles. The second kappa shape index (κ2) is 17.8. The van der Waals surface area contributed by atoms with Crippen LogP contribution in [0.1, 0.15) is 63.5 Å². The molecular weight excluding hydrogens is 683 g/mol. The van der Waals surface area contributed by atoms with Gasteiger partial charge in [-0.05, 0) is 87.3 Å². The van der Waals surface area contributed by atoms with Crippen LogP contribution in [0.3, 0.4) is 0 Å². The van der Waals surface area contributed by atoms with Crippen LogP contribution < -0.4 is 20.7 Å². The van der Waals surface area contributed by atoms with Crippen LogP contribution in [0.25, 0.3) is 0 Å². The molecule has 4 aromatic rings. The van der Waals surface area contributed by atoms with Crippen molar-refractivity contribution in [3.63, 3.8) is 0 Å². The number of nitrogens with one attached hydrogen (secondary N) is 3. The Labute approximate surface area is 307 Å². The van der Waals surface area contributed by atoms with Gasteiger partial charge in [-0.25, -0.2) is 4.39 Å². The van der Waals surface area contributed by atoms with E-state index in [1.165, 1.54) is 29.8 Å². The van der Waals surface area contributed by atoms with Gasteiger partial charge in [-0.1, -0.05) is 48.5 Å². The minimum Gasteiger partial charge on any atom is -0.508 e. The van der Waals surface area contributed by atoms with Crippen LogP contribution in [0.15, 0.2) is 78.9 Å². The van der Waals surface area contributed by atoms with Crippen molar-refractivity contribution in [3.05, 3.63) is 118 Å². The summed E-state index contributed by atoms with van der Waals surface area (Å²) in [4.78, 5) is 35.2. The fourth-order valence-electron chi connectivity index (χ4n) is 6.92. The summed E-state index contributed by atoms with van der Waals surface area (Å²) in [7, 11) is 2.13. The fraction of sp³-hybridized carbons (Fsp3) is 0.325. The van der Waals surface area contributed by atoms with E-state index in [0.29, 0.717) is 36.3 Å². The van der Waals surface area contributed by atoms with Crippen molar-refractivity contribution in [2.75, 3.05) is 45.2 Å². The van der Waals surface area contributed by atoms with Crippen LogP contribution in [0.5, 0.6) is 17.2 Å². The van der Waals surface area contributed by atoms with Crippen molar-refractivity contribution in [3.8, 4) is 17.2 Å². The summed E-state index contributed by atoms with van der Waals surface area (Å²) >= 11 is 0. The van der Waals surface area contributed by atoms with Gasteiger partial charge in [-0.3, -0.25) is 14.4 Å². The lowest BCUT2D eigenvalue weighted by Gasteiger charge is -2.42. The fourth-order valence-corrected chi connectivity index (χ4v) is 6.92. The number of aryl methyl sites for hydroxylation is 1. The number of phenolic OH excluding ortho intramolecular Hbond substituents is 2. The zero-order valence-corrected chi connectivity index (χ0v) is 29.5. The first-order valence-corrected chi connectivity index (χ1v) is 17.4. The first-order valence-electron chi connectivity index (χ1n) is 17.4. The maximum atomic E-state index is 15.0. The van der Waals surface area contributed by atoms with Crippen LogP contribution in [-0.4, -0.2) is 83.4 Å². The lowest BCUT2D eigenvalue weighted by Crippen LogP contribution is -2.41. The number of carboxylic acid groups (broad SMARTS) is 1. The van der Waals surface area contributed by atoms with E-state index in [1.54, 1.807) is 12.1 Å². The van der Waals surface area contributed by atoms with Gasteiger partial charge >= 0.3 is 0 Å². The zero-order valence-electron chi connectivity index (χ0n) is 29.5. The van der Waals surface area contributed by atoms with Crippen molar-refractivity contribution < 1.29 is 43.9 Å². The molecule has 0 bridgehead atoms. The van der Waals surface area contributed by atoms with Crippen molar-refractivity contribution in [1.29, 1.82) is 0 Å². The molecule has 1 fully saturated rings. The molecule has 0 radical (unpaired) electrons. The molecule has 1 atom stereocenters. The van der Waals surface area contributed by atoms with Gasteiger partial charge in [-0.2, -0.15) is 0 Å². The molecule has 280 valence electrons. The molecule has 13 heteroatoms. The monoisotopic (exact) mass is 728 g/mol. The standard InChI is InChI=1S/C39H43FN4O6.CH2O2/c1-44-18-15-39(16-19-44,28-7-3-2-4-8-28)30-20-25(9-13-32(30)45)6-5-17-42-38(49)26-10-11-27(31(40)21-26)22-41-23-34(47)29-12-14-33(46)36-37(29)50-24-35(48)43-36;2-1-3/h2-4,7-14,20-21,34,41,45-47H,5-6,15-19,22-24H2,1H3,(H,42,49)(H,43,48);1H,(H,2,3)/t34-;/m0./s1. The Morgan fingerprint density at radius 2 is 1.75 bits per heavy atom. The highest BCUT2D eigenvalue weighted by atomic mass is 19.1. The molecule has 7 N–H and O–H groups in total. The number of carbonyl (C=O) groups excluding carboxylic acids is 2. The smallest absolute Gasteiger partial charge is 0.290 e. The van der Waals surface area contributed by atoms with Crippen molar-refractivity contribution >= 4 is 24.0 Å². The molecule has 0 aliphatic carbocycles. The van der Waals surface area contributed by atoms with Gasteiger partial charge in [0.15, 0.2) is 12.4 Å². The Bertz CT molecular complexity index is 1900.